The van der Waals surface area contributed by atoms with Gasteiger partial charge in [0.15, 0.2) is 0 Å². The maximum absolute atomic E-state index is 12.5. The van der Waals surface area contributed by atoms with Crippen LogP contribution >= 0.6 is 0 Å². The Hall–Kier alpha value is -3.64. The second kappa shape index (κ2) is 9.43. The first-order valence-electron chi connectivity index (χ1n) is 11.4. The van der Waals surface area contributed by atoms with Gasteiger partial charge >= 0.3 is 0 Å². The molecule has 2 heterocycles. The van der Waals surface area contributed by atoms with E-state index in [1.165, 1.54) is 10.9 Å². The molecule has 1 aromatic heterocycles. The molecule has 0 aliphatic carbocycles. The Morgan fingerprint density at radius 3 is 2.50 bits per heavy atom. The van der Waals surface area contributed by atoms with Crippen molar-refractivity contribution in [3.05, 3.63) is 77.9 Å². The fourth-order valence-electron chi connectivity index (χ4n) is 4.43. The molecule has 0 saturated carbocycles. The SMILES string of the molecule is COc1ccc(Cn2nnc(-c3c(-c4ccc(C5(O)CCNC5)cc4)cccc3S(N)(=O)=O)n2)cc1. The molecule has 4 N–H and O–H groups in total. The summed E-state index contributed by atoms with van der Waals surface area (Å²) in [5, 5.41) is 32.4. The van der Waals surface area contributed by atoms with E-state index in [1.807, 2.05) is 48.5 Å². The number of aliphatic hydroxyl groups is 1. The van der Waals surface area contributed by atoms with Crippen molar-refractivity contribution < 1.29 is 18.3 Å². The van der Waals surface area contributed by atoms with Gasteiger partial charge in [-0.25, -0.2) is 13.6 Å². The summed E-state index contributed by atoms with van der Waals surface area (Å²) < 4.78 is 30.2. The van der Waals surface area contributed by atoms with Gasteiger partial charge in [0, 0.05) is 6.54 Å². The zero-order chi connectivity index (χ0) is 25.3. The van der Waals surface area contributed by atoms with Crippen LogP contribution in [-0.4, -0.2) is 53.9 Å². The van der Waals surface area contributed by atoms with Crippen molar-refractivity contribution in [2.24, 2.45) is 5.14 Å². The molecule has 36 heavy (non-hydrogen) atoms. The zero-order valence-corrected chi connectivity index (χ0v) is 20.4. The number of aromatic nitrogens is 4. The van der Waals surface area contributed by atoms with Crippen LogP contribution in [0, 0.1) is 0 Å². The van der Waals surface area contributed by atoms with E-state index < -0.39 is 15.6 Å². The van der Waals surface area contributed by atoms with E-state index in [0.717, 1.165) is 29.0 Å². The number of tetrazole rings is 1. The Kier molecular flexibility index (Phi) is 6.31. The molecule has 10 nitrogen and oxygen atoms in total. The molecule has 1 atom stereocenters. The molecule has 4 aromatic rings. The number of nitrogens with one attached hydrogen (secondary N) is 1. The summed E-state index contributed by atoms with van der Waals surface area (Å²) in [5.41, 5.74) is 2.40. The van der Waals surface area contributed by atoms with E-state index in [-0.39, 0.29) is 16.3 Å². The monoisotopic (exact) mass is 506 g/mol. The molecule has 0 amide bonds. The number of primary sulfonamides is 1. The van der Waals surface area contributed by atoms with E-state index in [1.54, 1.807) is 19.2 Å². The van der Waals surface area contributed by atoms with Gasteiger partial charge in [0.05, 0.1) is 24.1 Å². The lowest BCUT2D eigenvalue weighted by Crippen LogP contribution is -2.28. The summed E-state index contributed by atoms with van der Waals surface area (Å²) in [6.07, 6.45) is 0.625. The number of hydrogen-bond acceptors (Lipinski definition) is 8. The van der Waals surface area contributed by atoms with Gasteiger partial charge in [-0.3, -0.25) is 0 Å². The zero-order valence-electron chi connectivity index (χ0n) is 19.6. The number of rotatable bonds is 7. The highest BCUT2D eigenvalue weighted by atomic mass is 32.2. The molecule has 1 fully saturated rings. The number of hydrogen-bond donors (Lipinski definition) is 3. The quantitative estimate of drug-likeness (QED) is 0.345. The predicted molar refractivity (Wildman–Crippen MR) is 134 cm³/mol. The Balaban J connectivity index is 1.54. The summed E-state index contributed by atoms with van der Waals surface area (Å²) in [6.45, 7) is 1.57. The van der Waals surface area contributed by atoms with Crippen LogP contribution in [0.3, 0.4) is 0 Å². The molecule has 1 aliphatic rings. The first-order valence-corrected chi connectivity index (χ1v) is 12.9. The average molecular weight is 507 g/mol. The summed E-state index contributed by atoms with van der Waals surface area (Å²) in [6, 6.07) is 19.7. The summed E-state index contributed by atoms with van der Waals surface area (Å²) in [5.74, 6) is 0.880. The Labute approximate surface area is 208 Å². The number of β-amino-alcohol motifs (C(OH)–C–C–N with tert-alkyl or cyclic N) is 1. The molecule has 0 spiro atoms. The van der Waals surface area contributed by atoms with Crippen LogP contribution in [0.1, 0.15) is 17.5 Å². The summed E-state index contributed by atoms with van der Waals surface area (Å²) in [7, 11) is -2.48. The van der Waals surface area contributed by atoms with Crippen molar-refractivity contribution in [1.82, 2.24) is 25.5 Å². The minimum atomic E-state index is -4.08. The van der Waals surface area contributed by atoms with Gasteiger partial charge in [0.1, 0.15) is 11.4 Å². The van der Waals surface area contributed by atoms with Crippen LogP contribution in [0.4, 0.5) is 0 Å². The first-order chi connectivity index (χ1) is 17.3. The van der Waals surface area contributed by atoms with Crippen molar-refractivity contribution >= 4 is 10.0 Å². The Morgan fingerprint density at radius 1 is 1.11 bits per heavy atom. The van der Waals surface area contributed by atoms with E-state index in [9.17, 15) is 13.5 Å². The van der Waals surface area contributed by atoms with E-state index in [4.69, 9.17) is 9.88 Å². The third kappa shape index (κ3) is 4.73. The lowest BCUT2D eigenvalue weighted by molar-refractivity contribution is 0.0588. The van der Waals surface area contributed by atoms with Gasteiger partial charge in [-0.05, 0) is 58.6 Å². The molecular weight excluding hydrogens is 480 g/mol. The first kappa shape index (κ1) is 24.1. The molecule has 5 rings (SSSR count). The topological polar surface area (TPSA) is 145 Å². The van der Waals surface area contributed by atoms with Crippen LogP contribution < -0.4 is 15.2 Å². The highest BCUT2D eigenvalue weighted by Crippen LogP contribution is 2.36. The van der Waals surface area contributed by atoms with Crippen LogP contribution in [0.15, 0.2) is 71.6 Å². The fourth-order valence-corrected chi connectivity index (χ4v) is 5.18. The minimum Gasteiger partial charge on any atom is -0.497 e. The molecule has 186 valence electrons. The van der Waals surface area contributed by atoms with Gasteiger partial charge in [-0.15, -0.1) is 10.2 Å². The standard InChI is InChI=1S/C25H26N6O4S/c1-35-20-11-5-17(6-12-20)15-31-29-24(28-30-31)23-21(3-2-4-22(23)36(26,33)34)18-7-9-19(10-8-18)25(32)13-14-27-16-25/h2-12,27,32H,13-16H2,1H3,(H2,26,33,34). The van der Waals surface area contributed by atoms with Crippen LogP contribution in [0.25, 0.3) is 22.5 Å². The van der Waals surface area contributed by atoms with Crippen molar-refractivity contribution in [3.63, 3.8) is 0 Å². The number of nitrogens with two attached hydrogens (primary N) is 1. The largest absolute Gasteiger partial charge is 0.497 e. The molecule has 0 bridgehead atoms. The van der Waals surface area contributed by atoms with Gasteiger partial charge in [-0.2, -0.15) is 4.80 Å². The van der Waals surface area contributed by atoms with Crippen LogP contribution in [0.2, 0.25) is 0 Å². The number of benzene rings is 3. The third-order valence-corrected chi connectivity index (χ3v) is 7.31. The van der Waals surface area contributed by atoms with E-state index in [0.29, 0.717) is 25.1 Å². The van der Waals surface area contributed by atoms with Gasteiger partial charge in [0.2, 0.25) is 15.8 Å². The Morgan fingerprint density at radius 2 is 1.86 bits per heavy atom. The summed E-state index contributed by atoms with van der Waals surface area (Å²) >= 11 is 0. The van der Waals surface area contributed by atoms with Gasteiger partial charge < -0.3 is 15.2 Å². The maximum atomic E-state index is 12.5. The second-order valence-corrected chi connectivity index (χ2v) is 10.3. The number of sulfonamides is 1. The molecule has 1 saturated heterocycles. The van der Waals surface area contributed by atoms with E-state index >= 15 is 0 Å². The lowest BCUT2D eigenvalue weighted by atomic mass is 9.90. The third-order valence-electron chi connectivity index (χ3n) is 6.36. The van der Waals surface area contributed by atoms with Crippen molar-refractivity contribution in [2.75, 3.05) is 20.2 Å². The smallest absolute Gasteiger partial charge is 0.238 e. The fraction of sp³-hybridized carbons (Fsp3) is 0.240. The van der Waals surface area contributed by atoms with Gasteiger partial charge in [0.25, 0.3) is 0 Å². The average Bonchev–Trinajstić information content (AvgIpc) is 3.53. The normalized spacial score (nSPS) is 17.9. The van der Waals surface area contributed by atoms with Crippen molar-refractivity contribution in [1.29, 1.82) is 0 Å². The highest BCUT2D eigenvalue weighted by molar-refractivity contribution is 7.89. The van der Waals surface area contributed by atoms with E-state index in [2.05, 4.69) is 20.7 Å². The van der Waals surface area contributed by atoms with Crippen LogP contribution in [-0.2, 0) is 22.2 Å². The van der Waals surface area contributed by atoms with Gasteiger partial charge in [-0.1, -0.05) is 48.5 Å². The minimum absolute atomic E-state index is 0.0910. The van der Waals surface area contributed by atoms with Crippen molar-refractivity contribution in [3.8, 4) is 28.3 Å². The molecule has 3 aromatic carbocycles. The van der Waals surface area contributed by atoms with Crippen LogP contribution in [0.5, 0.6) is 5.75 Å². The second-order valence-electron chi connectivity index (χ2n) is 8.75. The molecular formula is C25H26N6O4S. The number of ether oxygens (including phenoxy) is 1. The maximum Gasteiger partial charge on any atom is 0.238 e. The lowest BCUT2D eigenvalue weighted by Gasteiger charge is -2.22. The molecule has 1 unspecified atom stereocenters. The highest BCUT2D eigenvalue weighted by Gasteiger charge is 2.33. The summed E-state index contributed by atoms with van der Waals surface area (Å²) in [4.78, 5) is 1.30. The molecule has 0 radical (unpaired) electrons. The van der Waals surface area contributed by atoms with Crippen molar-refractivity contribution in [2.45, 2.75) is 23.5 Å². The Bertz CT molecular complexity index is 1480. The molecule has 1 aliphatic heterocycles. The number of methoxy groups -OCH3 is 1. The number of nitrogens with zero attached hydrogens (tertiary/aromatic N) is 4. The molecule has 11 heteroatoms. The predicted octanol–water partition coefficient (Wildman–Crippen LogP) is 1.89.